The maximum Gasteiger partial charge on any atom is 0.313 e. The number of carbonyl (C=O) groups excluding carboxylic acids is 2. The fourth-order valence-corrected chi connectivity index (χ4v) is 3.73. The number of amides is 1. The Hall–Kier alpha value is -2.66. The van der Waals surface area contributed by atoms with E-state index in [4.69, 9.17) is 10.00 Å². The second kappa shape index (κ2) is 9.02. The van der Waals surface area contributed by atoms with Gasteiger partial charge in [-0.15, -0.1) is 0 Å². The molecule has 1 aromatic rings. The number of rotatable bonds is 6. The number of hydrogen-bond acceptors (Lipinski definition) is 6. The van der Waals surface area contributed by atoms with Crippen molar-refractivity contribution < 1.29 is 18.7 Å². The van der Waals surface area contributed by atoms with Crippen LogP contribution in [0, 0.1) is 17.1 Å². The number of piperazine rings is 1. The van der Waals surface area contributed by atoms with E-state index in [9.17, 15) is 14.0 Å². The minimum atomic E-state index is -0.509. The van der Waals surface area contributed by atoms with Gasteiger partial charge in [-0.05, 0) is 17.7 Å². The Morgan fingerprint density at radius 1 is 1.36 bits per heavy atom. The fraction of sp³-hybridized carbons (Fsp3) is 0.550. The summed E-state index contributed by atoms with van der Waals surface area (Å²) < 4.78 is 20.1. The van der Waals surface area contributed by atoms with Crippen LogP contribution in [0.1, 0.15) is 31.2 Å². The number of cyclic esters (lactones) is 1. The Morgan fingerprint density at radius 3 is 2.75 bits per heavy atom. The molecular formula is C20H25FN4O3. The molecule has 1 aromatic carbocycles. The predicted octanol–water partition coefficient (Wildman–Crippen LogP) is 1.40. The normalized spacial score (nSPS) is 22.6. The van der Waals surface area contributed by atoms with Crippen molar-refractivity contribution in [3.05, 3.63) is 29.6 Å². The van der Waals surface area contributed by atoms with Crippen LogP contribution in [0.25, 0.3) is 0 Å². The number of ether oxygens (including phenoxy) is 1. The number of nitrogens with one attached hydrogen (secondary N) is 1. The van der Waals surface area contributed by atoms with E-state index >= 15 is 0 Å². The number of nitriles is 1. The van der Waals surface area contributed by atoms with Crippen LogP contribution in [-0.2, 0) is 14.3 Å². The van der Waals surface area contributed by atoms with Gasteiger partial charge in [0.05, 0.1) is 24.2 Å². The molecule has 150 valence electrons. The van der Waals surface area contributed by atoms with E-state index in [2.05, 4.69) is 16.3 Å². The summed E-state index contributed by atoms with van der Waals surface area (Å²) in [6.45, 7) is 5.42. The van der Waals surface area contributed by atoms with Gasteiger partial charge in [-0.25, -0.2) is 4.39 Å². The van der Waals surface area contributed by atoms with Crippen molar-refractivity contribution in [1.82, 2.24) is 10.2 Å². The lowest BCUT2D eigenvalue weighted by Crippen LogP contribution is -2.46. The minimum absolute atomic E-state index is 0.178. The molecule has 1 amide bonds. The number of esters is 1. The number of benzene rings is 1. The van der Waals surface area contributed by atoms with Crippen molar-refractivity contribution in [1.29, 1.82) is 5.26 Å². The molecule has 1 N–H and O–H groups in total. The van der Waals surface area contributed by atoms with E-state index < -0.39 is 5.92 Å². The Balaban J connectivity index is 1.61. The molecular weight excluding hydrogens is 363 g/mol. The van der Waals surface area contributed by atoms with Crippen LogP contribution in [0.3, 0.4) is 0 Å². The van der Waals surface area contributed by atoms with Gasteiger partial charge in [-0.1, -0.05) is 6.07 Å². The molecule has 2 saturated heterocycles. The van der Waals surface area contributed by atoms with Crippen LogP contribution < -0.4 is 10.2 Å². The first-order valence-corrected chi connectivity index (χ1v) is 9.56. The molecule has 2 aliphatic heterocycles. The van der Waals surface area contributed by atoms with Gasteiger partial charge < -0.3 is 15.0 Å². The molecule has 0 aliphatic carbocycles. The minimum Gasteiger partial charge on any atom is -0.460 e. The van der Waals surface area contributed by atoms with Crippen molar-refractivity contribution in [3.8, 4) is 6.07 Å². The topological polar surface area (TPSA) is 85.7 Å². The van der Waals surface area contributed by atoms with Crippen molar-refractivity contribution in [2.45, 2.75) is 31.8 Å². The third kappa shape index (κ3) is 4.78. The van der Waals surface area contributed by atoms with Crippen molar-refractivity contribution in [3.63, 3.8) is 0 Å². The van der Waals surface area contributed by atoms with E-state index in [-0.39, 0.29) is 30.3 Å². The van der Waals surface area contributed by atoms with E-state index in [1.165, 1.54) is 13.0 Å². The van der Waals surface area contributed by atoms with Crippen molar-refractivity contribution >= 4 is 17.6 Å². The van der Waals surface area contributed by atoms with Crippen molar-refractivity contribution in [2.75, 3.05) is 44.2 Å². The van der Waals surface area contributed by atoms with E-state index in [0.29, 0.717) is 37.2 Å². The molecule has 0 bridgehead atoms. The molecule has 0 aromatic heterocycles. The molecule has 28 heavy (non-hydrogen) atoms. The third-order valence-corrected chi connectivity index (χ3v) is 5.27. The largest absolute Gasteiger partial charge is 0.460 e. The smallest absolute Gasteiger partial charge is 0.313 e. The van der Waals surface area contributed by atoms with Crippen molar-refractivity contribution in [2.24, 2.45) is 0 Å². The number of carbonyl (C=O) groups is 2. The fourth-order valence-electron chi connectivity index (χ4n) is 3.73. The van der Waals surface area contributed by atoms with Gasteiger partial charge in [0, 0.05) is 52.5 Å². The average molecular weight is 388 g/mol. The molecule has 8 heteroatoms. The molecule has 0 spiro atoms. The van der Waals surface area contributed by atoms with Gasteiger partial charge in [0.1, 0.15) is 11.9 Å². The highest BCUT2D eigenvalue weighted by Gasteiger charge is 2.36. The lowest BCUT2D eigenvalue weighted by atomic mass is 9.95. The lowest BCUT2D eigenvalue weighted by Gasteiger charge is -2.36. The number of anilines is 1. The van der Waals surface area contributed by atoms with Gasteiger partial charge in [0.2, 0.25) is 5.91 Å². The van der Waals surface area contributed by atoms with Crippen LogP contribution in [0.5, 0.6) is 0 Å². The summed E-state index contributed by atoms with van der Waals surface area (Å²) in [7, 11) is 0. The van der Waals surface area contributed by atoms with Crippen LogP contribution in [0.15, 0.2) is 18.2 Å². The highest BCUT2D eigenvalue weighted by Crippen LogP contribution is 2.33. The predicted molar refractivity (Wildman–Crippen MR) is 101 cm³/mol. The van der Waals surface area contributed by atoms with Crippen LogP contribution in [0.4, 0.5) is 10.1 Å². The first-order valence-electron chi connectivity index (χ1n) is 9.56. The molecule has 7 nitrogen and oxygen atoms in total. The van der Waals surface area contributed by atoms with Gasteiger partial charge in [0.25, 0.3) is 0 Å². The van der Waals surface area contributed by atoms with Gasteiger partial charge in [-0.3, -0.25) is 14.5 Å². The maximum absolute atomic E-state index is 14.8. The zero-order valence-electron chi connectivity index (χ0n) is 16.0. The Morgan fingerprint density at radius 2 is 2.11 bits per heavy atom. The summed E-state index contributed by atoms with van der Waals surface area (Å²) in [5.74, 6) is -1.41. The summed E-state index contributed by atoms with van der Waals surface area (Å²) in [4.78, 5) is 27.4. The molecule has 2 atom stereocenters. The number of hydrogen-bond donors (Lipinski definition) is 1. The second-order valence-electron chi connectivity index (χ2n) is 7.23. The maximum atomic E-state index is 14.8. The molecule has 0 radical (unpaired) electrons. The van der Waals surface area contributed by atoms with Gasteiger partial charge in [0.15, 0.2) is 0 Å². The van der Waals surface area contributed by atoms with Gasteiger partial charge in [-0.2, -0.15) is 5.26 Å². The van der Waals surface area contributed by atoms with Gasteiger partial charge >= 0.3 is 5.97 Å². The zero-order chi connectivity index (χ0) is 20.1. The molecule has 2 aliphatic rings. The van der Waals surface area contributed by atoms with Crippen LogP contribution in [0.2, 0.25) is 0 Å². The SMILES string of the molecule is CC(=O)NCC1CC(c2ccc(N3CCN(CCC#N)CC3)c(F)c2)C(=O)O1. The molecule has 2 unspecified atom stereocenters. The third-order valence-electron chi connectivity index (χ3n) is 5.27. The lowest BCUT2D eigenvalue weighted by molar-refractivity contribution is -0.142. The molecule has 0 saturated carbocycles. The first kappa shape index (κ1) is 20.1. The van der Waals surface area contributed by atoms with E-state index in [1.807, 2.05) is 4.90 Å². The highest BCUT2D eigenvalue weighted by atomic mass is 19.1. The summed E-state index contributed by atoms with van der Waals surface area (Å²) in [6.07, 6.45) is 0.546. The second-order valence-corrected chi connectivity index (χ2v) is 7.23. The van der Waals surface area contributed by atoms with E-state index in [0.717, 1.165) is 19.6 Å². The van der Waals surface area contributed by atoms with E-state index in [1.54, 1.807) is 12.1 Å². The molecule has 2 heterocycles. The Kier molecular flexibility index (Phi) is 6.47. The number of nitrogens with zero attached hydrogens (tertiary/aromatic N) is 3. The summed E-state index contributed by atoms with van der Waals surface area (Å²) in [5, 5.41) is 11.3. The monoisotopic (exact) mass is 388 g/mol. The average Bonchev–Trinajstić information content (AvgIpc) is 3.06. The summed E-state index contributed by atoms with van der Waals surface area (Å²) in [6, 6.07) is 7.08. The quantitative estimate of drug-likeness (QED) is 0.742. The number of halogens is 1. The Bertz CT molecular complexity index is 771. The summed E-state index contributed by atoms with van der Waals surface area (Å²) in [5.41, 5.74) is 1.13. The van der Waals surface area contributed by atoms with Crippen LogP contribution >= 0.6 is 0 Å². The van der Waals surface area contributed by atoms with Crippen LogP contribution in [-0.4, -0.2) is 62.1 Å². The molecule has 3 rings (SSSR count). The first-order chi connectivity index (χ1) is 13.5. The Labute approximate surface area is 164 Å². The summed E-state index contributed by atoms with van der Waals surface area (Å²) >= 11 is 0. The zero-order valence-corrected chi connectivity index (χ0v) is 16.0. The molecule has 2 fully saturated rings. The standard InChI is InChI=1S/C20H25FN4O3/c1-14(26)23-13-16-12-17(20(27)28-16)15-3-4-19(18(21)11-15)25-9-7-24(8-10-25)6-2-5-22/h3-4,11,16-17H,2,6-10,12-13H2,1H3,(H,23,26). The highest BCUT2D eigenvalue weighted by molar-refractivity contribution is 5.80.